The summed E-state index contributed by atoms with van der Waals surface area (Å²) in [6.45, 7) is 4.37. The Morgan fingerprint density at radius 1 is 1.56 bits per heavy atom. The first-order chi connectivity index (χ1) is 7.77. The van der Waals surface area contributed by atoms with Gasteiger partial charge in [0.05, 0.1) is 0 Å². The summed E-state index contributed by atoms with van der Waals surface area (Å²) < 4.78 is 0. The second-order valence-electron chi connectivity index (χ2n) is 4.67. The van der Waals surface area contributed by atoms with Gasteiger partial charge in [0, 0.05) is 37.6 Å². The maximum absolute atomic E-state index is 4.14. The van der Waals surface area contributed by atoms with Crippen molar-refractivity contribution < 1.29 is 0 Å². The fraction of sp³-hybridized carbons (Fsp3) is 0.615. The van der Waals surface area contributed by atoms with E-state index >= 15 is 0 Å². The molecule has 0 spiro atoms. The van der Waals surface area contributed by atoms with Crippen LogP contribution in [-0.2, 0) is 0 Å². The van der Waals surface area contributed by atoms with E-state index in [2.05, 4.69) is 35.2 Å². The fourth-order valence-electron chi connectivity index (χ4n) is 1.91. The molecule has 1 saturated carbocycles. The number of pyridine rings is 1. The zero-order valence-electron chi connectivity index (χ0n) is 10.2. The Bertz CT molecular complexity index is 308. The van der Waals surface area contributed by atoms with Crippen LogP contribution < -0.4 is 5.32 Å². The summed E-state index contributed by atoms with van der Waals surface area (Å²) in [6, 6.07) is 5.36. The molecule has 1 N–H and O–H groups in total. The molecule has 1 aliphatic carbocycles. The van der Waals surface area contributed by atoms with E-state index in [1.54, 1.807) is 0 Å². The monoisotopic (exact) mass is 219 g/mol. The van der Waals surface area contributed by atoms with Gasteiger partial charge in [-0.25, -0.2) is 0 Å². The van der Waals surface area contributed by atoms with Crippen molar-refractivity contribution in [1.82, 2.24) is 15.2 Å². The molecule has 0 aromatic carbocycles. The molecule has 0 aliphatic heterocycles. The molecule has 1 aromatic rings. The molecule has 0 saturated heterocycles. The van der Waals surface area contributed by atoms with Crippen molar-refractivity contribution in [3.05, 3.63) is 30.1 Å². The van der Waals surface area contributed by atoms with Crippen LogP contribution in [0.25, 0.3) is 0 Å². The molecule has 1 unspecified atom stereocenters. The van der Waals surface area contributed by atoms with Gasteiger partial charge in [-0.05, 0) is 38.4 Å². The zero-order valence-corrected chi connectivity index (χ0v) is 10.2. The van der Waals surface area contributed by atoms with Crippen molar-refractivity contribution in [3.8, 4) is 0 Å². The normalized spacial score (nSPS) is 17.7. The first-order valence-electron chi connectivity index (χ1n) is 6.11. The predicted molar refractivity (Wildman–Crippen MR) is 66.3 cm³/mol. The molecular formula is C13H21N3. The number of likely N-dealkylation sites (N-methyl/N-ethyl adjacent to an activating group) is 1. The van der Waals surface area contributed by atoms with Crippen LogP contribution >= 0.6 is 0 Å². The highest BCUT2D eigenvalue weighted by Gasteiger charge is 2.25. The minimum Gasteiger partial charge on any atom is -0.309 e. The number of hydrogen-bond donors (Lipinski definition) is 1. The molecule has 16 heavy (non-hydrogen) atoms. The summed E-state index contributed by atoms with van der Waals surface area (Å²) in [5.74, 6) is 0. The Balaban J connectivity index is 1.69. The van der Waals surface area contributed by atoms with E-state index < -0.39 is 0 Å². The van der Waals surface area contributed by atoms with Crippen LogP contribution in [-0.4, -0.2) is 36.1 Å². The van der Waals surface area contributed by atoms with Crippen LogP contribution in [0.15, 0.2) is 24.5 Å². The van der Waals surface area contributed by atoms with Crippen molar-refractivity contribution in [3.63, 3.8) is 0 Å². The van der Waals surface area contributed by atoms with E-state index in [9.17, 15) is 0 Å². The maximum atomic E-state index is 4.14. The SMILES string of the molecule is CC(NCCN(C)C1CC1)c1cccnc1. The van der Waals surface area contributed by atoms with Crippen LogP contribution in [0.2, 0.25) is 0 Å². The number of nitrogens with one attached hydrogen (secondary N) is 1. The smallest absolute Gasteiger partial charge is 0.0315 e. The Morgan fingerprint density at radius 2 is 2.38 bits per heavy atom. The van der Waals surface area contributed by atoms with Gasteiger partial charge in [0.25, 0.3) is 0 Å². The number of nitrogens with zero attached hydrogens (tertiary/aromatic N) is 2. The Morgan fingerprint density at radius 3 is 3.00 bits per heavy atom. The third kappa shape index (κ3) is 3.29. The van der Waals surface area contributed by atoms with Gasteiger partial charge in [0.2, 0.25) is 0 Å². The standard InChI is InChI=1S/C13H21N3/c1-11(12-4-3-7-14-10-12)15-8-9-16(2)13-5-6-13/h3-4,7,10-11,13,15H,5-6,8-9H2,1-2H3. The average Bonchev–Trinajstić information content (AvgIpc) is 3.14. The topological polar surface area (TPSA) is 28.2 Å². The lowest BCUT2D eigenvalue weighted by Crippen LogP contribution is -2.31. The van der Waals surface area contributed by atoms with E-state index in [1.165, 1.54) is 18.4 Å². The Hall–Kier alpha value is -0.930. The molecule has 1 aromatic heterocycles. The zero-order chi connectivity index (χ0) is 11.4. The number of aromatic nitrogens is 1. The molecule has 2 rings (SSSR count). The van der Waals surface area contributed by atoms with Gasteiger partial charge in [-0.2, -0.15) is 0 Å². The van der Waals surface area contributed by atoms with Crippen molar-refractivity contribution in [2.75, 3.05) is 20.1 Å². The molecule has 1 atom stereocenters. The van der Waals surface area contributed by atoms with Gasteiger partial charge < -0.3 is 10.2 Å². The van der Waals surface area contributed by atoms with Gasteiger partial charge in [-0.1, -0.05) is 6.07 Å². The molecule has 0 bridgehead atoms. The summed E-state index contributed by atoms with van der Waals surface area (Å²) in [6.07, 6.45) is 6.52. The highest BCUT2D eigenvalue weighted by molar-refractivity contribution is 5.12. The highest BCUT2D eigenvalue weighted by atomic mass is 15.2. The molecule has 0 amide bonds. The molecule has 1 aliphatic rings. The van der Waals surface area contributed by atoms with Gasteiger partial charge in [-0.3, -0.25) is 4.98 Å². The molecule has 3 heteroatoms. The van der Waals surface area contributed by atoms with Crippen LogP contribution in [0.1, 0.15) is 31.4 Å². The Kier molecular flexibility index (Phi) is 3.91. The van der Waals surface area contributed by atoms with E-state index in [-0.39, 0.29) is 0 Å². The van der Waals surface area contributed by atoms with E-state index in [1.807, 2.05) is 18.5 Å². The largest absolute Gasteiger partial charge is 0.309 e. The summed E-state index contributed by atoms with van der Waals surface area (Å²) >= 11 is 0. The van der Waals surface area contributed by atoms with Crippen LogP contribution in [0.3, 0.4) is 0 Å². The van der Waals surface area contributed by atoms with Gasteiger partial charge in [0.1, 0.15) is 0 Å². The molecule has 3 nitrogen and oxygen atoms in total. The first-order valence-corrected chi connectivity index (χ1v) is 6.11. The minimum absolute atomic E-state index is 0.390. The van der Waals surface area contributed by atoms with E-state index in [4.69, 9.17) is 0 Å². The molecule has 88 valence electrons. The molecular weight excluding hydrogens is 198 g/mol. The summed E-state index contributed by atoms with van der Waals surface area (Å²) in [5, 5.41) is 3.53. The quantitative estimate of drug-likeness (QED) is 0.791. The van der Waals surface area contributed by atoms with Gasteiger partial charge >= 0.3 is 0 Å². The second-order valence-corrected chi connectivity index (χ2v) is 4.67. The number of hydrogen-bond acceptors (Lipinski definition) is 3. The summed E-state index contributed by atoms with van der Waals surface area (Å²) in [5.41, 5.74) is 1.26. The van der Waals surface area contributed by atoms with Gasteiger partial charge in [0.15, 0.2) is 0 Å². The first kappa shape index (κ1) is 11.6. The number of rotatable bonds is 6. The molecule has 0 radical (unpaired) electrons. The average molecular weight is 219 g/mol. The lowest BCUT2D eigenvalue weighted by atomic mass is 10.1. The van der Waals surface area contributed by atoms with Crippen LogP contribution in [0.4, 0.5) is 0 Å². The van der Waals surface area contributed by atoms with E-state index in [0.29, 0.717) is 6.04 Å². The van der Waals surface area contributed by atoms with Crippen molar-refractivity contribution in [2.45, 2.75) is 31.8 Å². The predicted octanol–water partition coefficient (Wildman–Crippen LogP) is 1.83. The minimum atomic E-state index is 0.390. The lowest BCUT2D eigenvalue weighted by Gasteiger charge is -2.18. The lowest BCUT2D eigenvalue weighted by molar-refractivity contribution is 0.316. The van der Waals surface area contributed by atoms with E-state index in [0.717, 1.165) is 19.1 Å². The molecule has 1 heterocycles. The molecule has 1 fully saturated rings. The van der Waals surface area contributed by atoms with Crippen molar-refractivity contribution in [1.29, 1.82) is 0 Å². The fourth-order valence-corrected chi connectivity index (χ4v) is 1.91. The second kappa shape index (κ2) is 5.41. The summed E-state index contributed by atoms with van der Waals surface area (Å²) in [7, 11) is 2.22. The maximum Gasteiger partial charge on any atom is 0.0315 e. The summed E-state index contributed by atoms with van der Waals surface area (Å²) in [4.78, 5) is 6.58. The third-order valence-corrected chi connectivity index (χ3v) is 3.27. The Labute approximate surface area is 97.9 Å². The van der Waals surface area contributed by atoms with Gasteiger partial charge in [-0.15, -0.1) is 0 Å². The van der Waals surface area contributed by atoms with Crippen molar-refractivity contribution in [2.24, 2.45) is 0 Å². The third-order valence-electron chi connectivity index (χ3n) is 3.27. The van der Waals surface area contributed by atoms with Crippen LogP contribution in [0, 0.1) is 0 Å². The highest BCUT2D eigenvalue weighted by Crippen LogP contribution is 2.24. The van der Waals surface area contributed by atoms with Crippen LogP contribution in [0.5, 0.6) is 0 Å². The van der Waals surface area contributed by atoms with Crippen molar-refractivity contribution >= 4 is 0 Å².